The van der Waals surface area contributed by atoms with E-state index in [1.54, 1.807) is 5.06 Å². The van der Waals surface area contributed by atoms with Crippen LogP contribution in [0.15, 0.2) is 60.7 Å². The number of rotatable bonds is 8. The van der Waals surface area contributed by atoms with Gasteiger partial charge in [0.25, 0.3) is 0 Å². The number of nitrogens with zero attached hydrogens (tertiary/aromatic N) is 1. The fourth-order valence-electron chi connectivity index (χ4n) is 2.80. The summed E-state index contributed by atoms with van der Waals surface area (Å²) >= 11 is 0. The molecule has 0 saturated heterocycles. The maximum absolute atomic E-state index is 12.8. The molecule has 29 heavy (non-hydrogen) atoms. The third kappa shape index (κ3) is 6.69. The molecule has 0 bridgehead atoms. The molecule has 2 aromatic rings. The molecule has 0 unspecified atom stereocenters. The van der Waals surface area contributed by atoms with Crippen molar-refractivity contribution in [3.05, 3.63) is 71.8 Å². The number of hydrogen-bond acceptors (Lipinski definition) is 3. The van der Waals surface area contributed by atoms with Crippen molar-refractivity contribution in [1.82, 2.24) is 10.4 Å². The zero-order valence-corrected chi connectivity index (χ0v) is 18.9. The van der Waals surface area contributed by atoms with Gasteiger partial charge in [-0.25, -0.2) is 0 Å². The SMILES string of the molecule is CC(C)C(C)(C)NC(=O)CN(OC(c1ccccc1)c1ccccc1)C(C)(C)C. The zero-order valence-electron chi connectivity index (χ0n) is 18.9. The first-order valence-corrected chi connectivity index (χ1v) is 10.4. The summed E-state index contributed by atoms with van der Waals surface area (Å²) in [5, 5.41) is 4.95. The van der Waals surface area contributed by atoms with E-state index in [1.165, 1.54) is 0 Å². The molecular weight excluding hydrogens is 360 g/mol. The van der Waals surface area contributed by atoms with E-state index < -0.39 is 0 Å². The molecule has 0 radical (unpaired) electrons. The molecule has 0 heterocycles. The number of hydrogen-bond donors (Lipinski definition) is 1. The summed E-state index contributed by atoms with van der Waals surface area (Å²) in [5.41, 5.74) is 1.48. The second-order valence-corrected chi connectivity index (χ2v) is 9.44. The van der Waals surface area contributed by atoms with Crippen molar-refractivity contribution in [2.45, 2.75) is 65.6 Å². The summed E-state index contributed by atoms with van der Waals surface area (Å²) in [6, 6.07) is 20.2. The van der Waals surface area contributed by atoms with Crippen LogP contribution in [0, 0.1) is 5.92 Å². The van der Waals surface area contributed by atoms with Crippen molar-refractivity contribution < 1.29 is 9.63 Å². The lowest BCUT2D eigenvalue weighted by molar-refractivity contribution is -0.233. The second-order valence-electron chi connectivity index (χ2n) is 9.44. The molecule has 1 amide bonds. The van der Waals surface area contributed by atoms with E-state index >= 15 is 0 Å². The molecule has 1 N–H and O–H groups in total. The van der Waals surface area contributed by atoms with Gasteiger partial charge in [0, 0.05) is 11.1 Å². The Morgan fingerprint density at radius 1 is 0.897 bits per heavy atom. The maximum atomic E-state index is 12.8. The molecule has 0 spiro atoms. The molecular formula is C25H36N2O2. The van der Waals surface area contributed by atoms with Gasteiger partial charge in [-0.15, -0.1) is 0 Å². The summed E-state index contributed by atoms with van der Waals surface area (Å²) in [4.78, 5) is 19.3. The van der Waals surface area contributed by atoms with Gasteiger partial charge in [-0.05, 0) is 51.7 Å². The first-order valence-electron chi connectivity index (χ1n) is 10.4. The van der Waals surface area contributed by atoms with E-state index in [-0.39, 0.29) is 29.6 Å². The number of benzene rings is 2. The van der Waals surface area contributed by atoms with Crippen LogP contribution in [-0.4, -0.2) is 28.6 Å². The van der Waals surface area contributed by atoms with Crippen molar-refractivity contribution in [2.75, 3.05) is 6.54 Å². The van der Waals surface area contributed by atoms with Crippen LogP contribution >= 0.6 is 0 Å². The van der Waals surface area contributed by atoms with Gasteiger partial charge in [-0.1, -0.05) is 74.5 Å². The van der Waals surface area contributed by atoms with Crippen LogP contribution in [0.3, 0.4) is 0 Å². The van der Waals surface area contributed by atoms with Crippen molar-refractivity contribution in [3.63, 3.8) is 0 Å². The smallest absolute Gasteiger partial charge is 0.237 e. The topological polar surface area (TPSA) is 41.6 Å². The third-order valence-corrected chi connectivity index (χ3v) is 5.38. The summed E-state index contributed by atoms with van der Waals surface area (Å²) in [5.74, 6) is 0.287. The van der Waals surface area contributed by atoms with E-state index in [0.717, 1.165) is 11.1 Å². The average Bonchev–Trinajstić information content (AvgIpc) is 2.65. The largest absolute Gasteiger partial charge is 0.350 e. The van der Waals surface area contributed by atoms with Gasteiger partial charge in [0.05, 0.1) is 0 Å². The predicted molar refractivity (Wildman–Crippen MR) is 119 cm³/mol. The van der Waals surface area contributed by atoms with Crippen LogP contribution in [0.1, 0.15) is 65.7 Å². The maximum Gasteiger partial charge on any atom is 0.237 e. The molecule has 4 heteroatoms. The van der Waals surface area contributed by atoms with Crippen molar-refractivity contribution in [2.24, 2.45) is 5.92 Å². The number of amides is 1. The molecule has 0 saturated carbocycles. The van der Waals surface area contributed by atoms with Gasteiger partial charge in [0.1, 0.15) is 12.6 Å². The lowest BCUT2D eigenvalue weighted by atomic mass is 9.91. The van der Waals surface area contributed by atoms with Crippen LogP contribution in [0.4, 0.5) is 0 Å². The van der Waals surface area contributed by atoms with Gasteiger partial charge in [-0.3, -0.25) is 9.63 Å². The molecule has 0 atom stereocenters. The Hall–Kier alpha value is -2.17. The molecule has 0 aromatic heterocycles. The van der Waals surface area contributed by atoms with Crippen molar-refractivity contribution in [3.8, 4) is 0 Å². The monoisotopic (exact) mass is 396 g/mol. The van der Waals surface area contributed by atoms with Crippen molar-refractivity contribution in [1.29, 1.82) is 0 Å². The van der Waals surface area contributed by atoms with Gasteiger partial charge in [0.15, 0.2) is 0 Å². The molecule has 0 aliphatic carbocycles. The van der Waals surface area contributed by atoms with Crippen LogP contribution in [-0.2, 0) is 9.63 Å². The Bertz CT molecular complexity index is 725. The molecule has 2 aromatic carbocycles. The fourth-order valence-corrected chi connectivity index (χ4v) is 2.80. The summed E-state index contributed by atoms with van der Waals surface area (Å²) in [6.45, 7) is 14.7. The van der Waals surface area contributed by atoms with E-state index in [4.69, 9.17) is 4.84 Å². The highest BCUT2D eigenvalue weighted by molar-refractivity contribution is 5.78. The highest BCUT2D eigenvalue weighted by Gasteiger charge is 2.31. The van der Waals surface area contributed by atoms with Gasteiger partial charge < -0.3 is 5.32 Å². The second kappa shape index (κ2) is 9.55. The Labute approximate surface area is 176 Å². The Morgan fingerprint density at radius 2 is 1.34 bits per heavy atom. The first kappa shape index (κ1) is 23.1. The van der Waals surface area contributed by atoms with E-state index in [1.807, 2.05) is 36.4 Å². The highest BCUT2D eigenvalue weighted by atomic mass is 16.7. The summed E-state index contributed by atoms with van der Waals surface area (Å²) < 4.78 is 0. The minimum atomic E-state index is -0.346. The molecule has 0 fully saturated rings. The average molecular weight is 397 g/mol. The van der Waals surface area contributed by atoms with Crippen molar-refractivity contribution >= 4 is 5.91 Å². The third-order valence-electron chi connectivity index (χ3n) is 5.38. The van der Waals surface area contributed by atoms with Crippen LogP contribution in [0.25, 0.3) is 0 Å². The van der Waals surface area contributed by atoms with E-state index in [2.05, 4.69) is 78.0 Å². The fraction of sp³-hybridized carbons (Fsp3) is 0.480. The van der Waals surface area contributed by atoms with Gasteiger partial charge >= 0.3 is 0 Å². The molecule has 4 nitrogen and oxygen atoms in total. The van der Waals surface area contributed by atoms with Crippen LogP contribution < -0.4 is 5.32 Å². The quantitative estimate of drug-likeness (QED) is 0.611. The molecule has 158 valence electrons. The Kier molecular flexibility index (Phi) is 7.61. The van der Waals surface area contributed by atoms with E-state index in [9.17, 15) is 4.79 Å². The van der Waals surface area contributed by atoms with Gasteiger partial charge in [0.2, 0.25) is 5.91 Å². The normalized spacial score (nSPS) is 12.6. The highest BCUT2D eigenvalue weighted by Crippen LogP contribution is 2.29. The molecule has 0 aliphatic heterocycles. The van der Waals surface area contributed by atoms with Gasteiger partial charge in [-0.2, -0.15) is 5.06 Å². The van der Waals surface area contributed by atoms with Crippen LogP contribution in [0.5, 0.6) is 0 Å². The Balaban J connectivity index is 2.27. The predicted octanol–water partition coefficient (Wildman–Crippen LogP) is 5.36. The molecule has 2 rings (SSSR count). The van der Waals surface area contributed by atoms with E-state index in [0.29, 0.717) is 5.92 Å². The Morgan fingerprint density at radius 3 is 1.72 bits per heavy atom. The number of carbonyl (C=O) groups is 1. The standard InChI is InChI=1S/C25H36N2O2/c1-19(2)25(6,7)26-22(28)18-27(24(3,4)5)29-23(20-14-10-8-11-15-20)21-16-12-9-13-17-21/h8-17,19,23H,18H2,1-7H3,(H,26,28). The number of carbonyl (C=O) groups excluding carboxylic acids is 1. The zero-order chi connectivity index (χ0) is 21.7. The van der Waals surface area contributed by atoms with Crippen LogP contribution in [0.2, 0.25) is 0 Å². The number of hydroxylamine groups is 2. The first-order chi connectivity index (χ1) is 13.5. The lowest BCUT2D eigenvalue weighted by Gasteiger charge is -2.38. The lowest BCUT2D eigenvalue weighted by Crippen LogP contribution is -2.53. The molecule has 0 aliphatic rings. The summed E-state index contributed by atoms with van der Waals surface area (Å²) in [6.07, 6.45) is -0.289. The summed E-state index contributed by atoms with van der Waals surface area (Å²) in [7, 11) is 0. The minimum Gasteiger partial charge on any atom is -0.350 e. The minimum absolute atomic E-state index is 0.0431. The number of nitrogens with one attached hydrogen (secondary N) is 1.